The first-order valence-electron chi connectivity index (χ1n) is 20.4. The lowest BCUT2D eigenvalue weighted by molar-refractivity contribution is -0.227. The summed E-state index contributed by atoms with van der Waals surface area (Å²) in [5.74, 6) is -2.86. The van der Waals surface area contributed by atoms with E-state index in [0.717, 1.165) is 68.9 Å². The fourth-order valence-electron chi connectivity index (χ4n) is 8.06. The first-order chi connectivity index (χ1) is 24.7. The van der Waals surface area contributed by atoms with Crippen molar-refractivity contribution in [3.63, 3.8) is 0 Å². The molecular weight excluding hydrogens is 649 g/mol. The van der Waals surface area contributed by atoms with Crippen LogP contribution in [0.5, 0.6) is 0 Å². The molecule has 7 heteroatoms. The summed E-state index contributed by atoms with van der Waals surface area (Å²) in [6.45, 7) is 4.25. The van der Waals surface area contributed by atoms with Gasteiger partial charge in [0.15, 0.2) is 6.10 Å². The van der Waals surface area contributed by atoms with E-state index in [1.807, 2.05) is 31.2 Å². The maximum Gasteiger partial charge on any atom is 0.425 e. The zero-order valence-corrected chi connectivity index (χ0v) is 31.3. The molecule has 284 valence electrons. The van der Waals surface area contributed by atoms with Crippen molar-refractivity contribution in [1.82, 2.24) is 0 Å². The summed E-state index contributed by atoms with van der Waals surface area (Å²) in [5, 5.41) is 0. The molecule has 1 saturated carbocycles. The Morgan fingerprint density at radius 1 is 0.706 bits per heavy atom. The van der Waals surface area contributed by atoms with Gasteiger partial charge in [-0.05, 0) is 67.2 Å². The zero-order valence-electron chi connectivity index (χ0n) is 31.3. The molecular formula is C44H63F3O4. The van der Waals surface area contributed by atoms with Gasteiger partial charge in [0.25, 0.3) is 0 Å². The first-order valence-corrected chi connectivity index (χ1v) is 20.4. The minimum Gasteiger partial charge on any atom is -0.456 e. The summed E-state index contributed by atoms with van der Waals surface area (Å²) in [4.78, 5) is 27.4. The lowest BCUT2D eigenvalue weighted by atomic mass is 9.72. The van der Waals surface area contributed by atoms with Gasteiger partial charge in [0.05, 0.1) is 11.8 Å². The number of alkyl halides is 3. The van der Waals surface area contributed by atoms with E-state index in [2.05, 4.69) is 31.2 Å². The predicted molar refractivity (Wildman–Crippen MR) is 198 cm³/mol. The van der Waals surface area contributed by atoms with Gasteiger partial charge in [0, 0.05) is 5.92 Å². The van der Waals surface area contributed by atoms with E-state index in [0.29, 0.717) is 18.4 Å². The third-order valence-corrected chi connectivity index (χ3v) is 11.2. The third-order valence-electron chi connectivity index (χ3n) is 11.2. The Balaban J connectivity index is 1.48. The van der Waals surface area contributed by atoms with Crippen LogP contribution in [0, 0.1) is 11.8 Å². The van der Waals surface area contributed by atoms with Gasteiger partial charge in [-0.3, -0.25) is 9.59 Å². The topological polar surface area (TPSA) is 52.6 Å². The van der Waals surface area contributed by atoms with Crippen LogP contribution in [0.4, 0.5) is 13.2 Å². The second kappa shape index (κ2) is 21.6. The van der Waals surface area contributed by atoms with Crippen LogP contribution in [0.1, 0.15) is 183 Å². The molecule has 0 spiro atoms. The van der Waals surface area contributed by atoms with E-state index < -0.39 is 30.3 Å². The molecule has 0 radical (unpaired) electrons. The number of aryl methyl sites for hydroxylation is 1. The van der Waals surface area contributed by atoms with Crippen molar-refractivity contribution in [2.45, 2.75) is 179 Å². The summed E-state index contributed by atoms with van der Waals surface area (Å²) < 4.78 is 54.1. The number of fused-ring (bicyclic) bond motifs is 1. The molecule has 2 aliphatic carbocycles. The number of ether oxygens (including phenoxy) is 2. The lowest BCUT2D eigenvalue weighted by Crippen LogP contribution is -2.40. The average Bonchev–Trinajstić information content (AvgIpc) is 3.14. The monoisotopic (exact) mass is 712 g/mol. The van der Waals surface area contributed by atoms with E-state index in [1.165, 1.54) is 63.4 Å². The molecule has 0 aliphatic heterocycles. The summed E-state index contributed by atoms with van der Waals surface area (Å²) in [7, 11) is 0. The molecule has 2 aromatic rings. The summed E-state index contributed by atoms with van der Waals surface area (Å²) >= 11 is 0. The van der Waals surface area contributed by atoms with E-state index >= 15 is 0 Å². The van der Waals surface area contributed by atoms with E-state index in [9.17, 15) is 22.8 Å². The summed E-state index contributed by atoms with van der Waals surface area (Å²) in [6.07, 6.45) is 13.1. The SMILES string of the molecule is CCCCCCCCCCCCc1ccc(C2CC(C(=O)O[C@H](CCCCCC)C(F)(F)F)C(OC(=O)C3CCCCC3)c3ccccc32)cc1. The molecule has 2 aliphatic rings. The Hall–Kier alpha value is -2.83. The van der Waals surface area contributed by atoms with Crippen molar-refractivity contribution < 1.29 is 32.2 Å². The smallest absolute Gasteiger partial charge is 0.425 e. The molecule has 1 fully saturated rings. The van der Waals surface area contributed by atoms with Gasteiger partial charge in [0.1, 0.15) is 6.10 Å². The number of benzene rings is 2. The molecule has 0 saturated heterocycles. The van der Waals surface area contributed by atoms with Crippen LogP contribution in [0.25, 0.3) is 0 Å². The Morgan fingerprint density at radius 3 is 1.88 bits per heavy atom. The van der Waals surface area contributed by atoms with Crippen LogP contribution in [0.15, 0.2) is 48.5 Å². The van der Waals surface area contributed by atoms with Gasteiger partial charge in [-0.25, -0.2) is 0 Å². The Kier molecular flexibility index (Phi) is 17.4. The van der Waals surface area contributed by atoms with Crippen LogP contribution in [0.2, 0.25) is 0 Å². The summed E-state index contributed by atoms with van der Waals surface area (Å²) in [6, 6.07) is 16.1. The average molecular weight is 713 g/mol. The van der Waals surface area contributed by atoms with Crippen LogP contribution >= 0.6 is 0 Å². The highest BCUT2D eigenvalue weighted by atomic mass is 19.4. The van der Waals surface area contributed by atoms with Gasteiger partial charge in [-0.1, -0.05) is 159 Å². The number of hydrogen-bond donors (Lipinski definition) is 0. The highest BCUT2D eigenvalue weighted by molar-refractivity contribution is 5.77. The van der Waals surface area contributed by atoms with Crippen molar-refractivity contribution in [3.05, 3.63) is 70.8 Å². The quantitative estimate of drug-likeness (QED) is 0.0955. The molecule has 3 unspecified atom stereocenters. The number of hydrogen-bond acceptors (Lipinski definition) is 4. The number of rotatable bonds is 21. The molecule has 4 nitrogen and oxygen atoms in total. The summed E-state index contributed by atoms with van der Waals surface area (Å²) in [5.41, 5.74) is 3.88. The normalized spacial score (nSPS) is 20.1. The molecule has 0 heterocycles. The maximum absolute atomic E-state index is 14.2. The number of unbranched alkanes of at least 4 members (excludes halogenated alkanes) is 12. The van der Waals surface area contributed by atoms with Crippen LogP contribution < -0.4 is 0 Å². The van der Waals surface area contributed by atoms with Gasteiger partial charge in [0.2, 0.25) is 0 Å². The second-order valence-corrected chi connectivity index (χ2v) is 15.2. The zero-order chi connectivity index (χ0) is 36.5. The second-order valence-electron chi connectivity index (χ2n) is 15.2. The van der Waals surface area contributed by atoms with Crippen molar-refractivity contribution >= 4 is 11.9 Å². The van der Waals surface area contributed by atoms with Crippen LogP contribution in [-0.4, -0.2) is 24.2 Å². The van der Waals surface area contributed by atoms with Gasteiger partial charge in [-0.2, -0.15) is 13.2 Å². The molecule has 51 heavy (non-hydrogen) atoms. The standard InChI is InChI=1S/C44H63F3O4/c1-3-5-7-9-10-11-12-13-14-16-22-33-28-30-34(31-29-33)38-32-39(43(49)50-40(44(45,46)47)27-19-8-6-4-2)41(37-26-21-20-25-36(37)38)51-42(48)35-23-17-15-18-24-35/h20-21,25-26,28-31,35,38-41H,3-19,22-24,27,32H2,1-2H3/t38?,39?,40-,41?/m1/s1. The number of halogens is 3. The molecule has 2 aromatic carbocycles. The predicted octanol–water partition coefficient (Wildman–Crippen LogP) is 12.9. The van der Waals surface area contributed by atoms with Gasteiger partial charge in [-0.15, -0.1) is 0 Å². The molecule has 0 bridgehead atoms. The minimum atomic E-state index is -4.67. The van der Waals surface area contributed by atoms with Crippen LogP contribution in [0.3, 0.4) is 0 Å². The fraction of sp³-hybridized carbons (Fsp3) is 0.682. The minimum absolute atomic E-state index is 0.205. The Bertz CT molecular complexity index is 1300. The molecule has 0 N–H and O–H groups in total. The third kappa shape index (κ3) is 13.0. The maximum atomic E-state index is 14.2. The Labute approximate surface area is 305 Å². The van der Waals surface area contributed by atoms with Crippen molar-refractivity contribution in [1.29, 1.82) is 0 Å². The van der Waals surface area contributed by atoms with E-state index in [1.54, 1.807) is 0 Å². The van der Waals surface area contributed by atoms with Gasteiger partial charge >= 0.3 is 18.1 Å². The van der Waals surface area contributed by atoms with Crippen molar-refractivity contribution in [3.8, 4) is 0 Å². The highest BCUT2D eigenvalue weighted by Gasteiger charge is 2.47. The largest absolute Gasteiger partial charge is 0.456 e. The fourth-order valence-corrected chi connectivity index (χ4v) is 8.06. The molecule has 0 amide bonds. The first kappa shape index (κ1) is 40.9. The number of esters is 2. The number of carbonyl (C=O) groups excluding carboxylic acids is 2. The molecule has 4 rings (SSSR count). The van der Waals surface area contributed by atoms with Crippen molar-refractivity contribution in [2.24, 2.45) is 11.8 Å². The van der Waals surface area contributed by atoms with E-state index in [4.69, 9.17) is 9.47 Å². The highest BCUT2D eigenvalue weighted by Crippen LogP contribution is 2.48. The lowest BCUT2D eigenvalue weighted by Gasteiger charge is -2.38. The van der Waals surface area contributed by atoms with Crippen molar-refractivity contribution in [2.75, 3.05) is 0 Å². The van der Waals surface area contributed by atoms with Crippen LogP contribution in [-0.2, 0) is 25.5 Å². The Morgan fingerprint density at radius 2 is 1.27 bits per heavy atom. The molecule has 4 atom stereocenters. The van der Waals surface area contributed by atoms with E-state index in [-0.39, 0.29) is 30.6 Å². The molecule has 0 aromatic heterocycles. The van der Waals surface area contributed by atoms with Gasteiger partial charge < -0.3 is 9.47 Å². The number of carbonyl (C=O) groups is 2.